The second-order valence-electron chi connectivity index (χ2n) is 4.48. The molecule has 5 heteroatoms. The molecule has 1 amide bonds. The number of hydrogen-bond acceptors (Lipinski definition) is 4. The molecule has 3 aromatic rings. The highest BCUT2D eigenvalue weighted by Gasteiger charge is 2.13. The van der Waals surface area contributed by atoms with Gasteiger partial charge in [-0.3, -0.25) is 4.79 Å². The molecular formula is C16H14N2O2S. The maximum absolute atomic E-state index is 12.0. The summed E-state index contributed by atoms with van der Waals surface area (Å²) in [6, 6.07) is 13.6. The lowest BCUT2D eigenvalue weighted by molar-refractivity contribution is 0.0920. The maximum atomic E-state index is 12.0. The first-order chi connectivity index (χ1) is 10.3. The number of nitrogens with one attached hydrogen (secondary N) is 1. The van der Waals surface area contributed by atoms with Crippen LogP contribution in [0.5, 0.6) is 0 Å². The van der Waals surface area contributed by atoms with Crippen LogP contribution in [0.4, 0.5) is 0 Å². The third-order valence-corrected chi connectivity index (χ3v) is 3.93. The lowest BCUT2D eigenvalue weighted by Gasteiger charge is -2.00. The van der Waals surface area contributed by atoms with Crippen LogP contribution in [0.2, 0.25) is 0 Å². The molecule has 0 bridgehead atoms. The van der Waals surface area contributed by atoms with E-state index in [2.05, 4.69) is 16.4 Å². The van der Waals surface area contributed by atoms with Crippen LogP contribution in [0.1, 0.15) is 15.6 Å². The molecule has 0 aliphatic rings. The number of nitrogens with zero attached hydrogens (tertiary/aromatic N) is 1. The van der Waals surface area contributed by atoms with Crippen LogP contribution >= 0.6 is 11.3 Å². The van der Waals surface area contributed by atoms with Crippen molar-refractivity contribution in [1.82, 2.24) is 10.3 Å². The number of aromatic nitrogens is 1. The number of amides is 1. The van der Waals surface area contributed by atoms with E-state index < -0.39 is 0 Å². The van der Waals surface area contributed by atoms with Crippen molar-refractivity contribution in [2.45, 2.75) is 6.42 Å². The molecule has 0 saturated carbocycles. The fraction of sp³-hybridized carbons (Fsp3) is 0.125. The van der Waals surface area contributed by atoms with Gasteiger partial charge in [0.05, 0.1) is 6.20 Å². The molecule has 1 aromatic carbocycles. The summed E-state index contributed by atoms with van der Waals surface area (Å²) in [4.78, 5) is 17.2. The van der Waals surface area contributed by atoms with Gasteiger partial charge in [0.25, 0.3) is 5.89 Å². The largest absolute Gasteiger partial charge is 0.432 e. The molecule has 0 atom stereocenters. The molecule has 4 nitrogen and oxygen atoms in total. The summed E-state index contributed by atoms with van der Waals surface area (Å²) in [5, 5.41) is 4.84. The Morgan fingerprint density at radius 2 is 2.05 bits per heavy atom. The number of carbonyl (C=O) groups excluding carboxylic acids is 1. The molecule has 3 rings (SSSR count). The number of oxazole rings is 1. The van der Waals surface area contributed by atoms with Crippen molar-refractivity contribution in [3.05, 3.63) is 64.8 Å². The molecule has 2 heterocycles. The standard InChI is InChI=1S/C16H14N2O2S/c19-15(17-9-8-13-7-4-10-21-13)16-18-11-14(20-16)12-5-2-1-3-6-12/h1-7,10-11H,8-9H2,(H,17,19). The van der Waals surface area contributed by atoms with Crippen LogP contribution in [-0.4, -0.2) is 17.4 Å². The zero-order chi connectivity index (χ0) is 14.5. The Morgan fingerprint density at radius 3 is 2.81 bits per heavy atom. The van der Waals surface area contributed by atoms with Crippen LogP contribution < -0.4 is 5.32 Å². The Bertz CT molecular complexity index is 705. The topological polar surface area (TPSA) is 55.1 Å². The van der Waals surface area contributed by atoms with Gasteiger partial charge < -0.3 is 9.73 Å². The zero-order valence-electron chi connectivity index (χ0n) is 11.3. The van der Waals surface area contributed by atoms with Gasteiger partial charge in [0.2, 0.25) is 0 Å². The lowest BCUT2D eigenvalue weighted by atomic mass is 10.2. The number of hydrogen-bond donors (Lipinski definition) is 1. The van der Waals surface area contributed by atoms with E-state index in [4.69, 9.17) is 4.42 Å². The molecule has 0 unspecified atom stereocenters. The van der Waals surface area contributed by atoms with E-state index in [1.807, 2.05) is 41.8 Å². The highest BCUT2D eigenvalue weighted by Crippen LogP contribution is 2.19. The van der Waals surface area contributed by atoms with Gasteiger partial charge in [-0.15, -0.1) is 11.3 Å². The fourth-order valence-electron chi connectivity index (χ4n) is 1.94. The van der Waals surface area contributed by atoms with Gasteiger partial charge >= 0.3 is 5.91 Å². The summed E-state index contributed by atoms with van der Waals surface area (Å²) in [5.41, 5.74) is 0.905. The molecule has 0 aliphatic carbocycles. The van der Waals surface area contributed by atoms with E-state index in [9.17, 15) is 4.79 Å². The quantitative estimate of drug-likeness (QED) is 0.785. The maximum Gasteiger partial charge on any atom is 0.307 e. The Balaban J connectivity index is 1.59. The summed E-state index contributed by atoms with van der Waals surface area (Å²) < 4.78 is 5.50. The van der Waals surface area contributed by atoms with Crippen molar-refractivity contribution < 1.29 is 9.21 Å². The van der Waals surface area contributed by atoms with Crippen molar-refractivity contribution >= 4 is 17.2 Å². The highest BCUT2D eigenvalue weighted by molar-refractivity contribution is 7.09. The number of thiophene rings is 1. The minimum atomic E-state index is -0.284. The first kappa shape index (κ1) is 13.6. The minimum Gasteiger partial charge on any atom is -0.432 e. The third kappa shape index (κ3) is 3.38. The molecule has 2 aromatic heterocycles. The SMILES string of the molecule is O=C(NCCc1cccs1)c1ncc(-c2ccccc2)o1. The number of carbonyl (C=O) groups is 1. The van der Waals surface area contributed by atoms with Crippen LogP contribution in [0.3, 0.4) is 0 Å². The third-order valence-electron chi connectivity index (χ3n) is 3.00. The summed E-state index contributed by atoms with van der Waals surface area (Å²) in [6.07, 6.45) is 2.39. The van der Waals surface area contributed by atoms with Crippen molar-refractivity contribution in [1.29, 1.82) is 0 Å². The average Bonchev–Trinajstić information content (AvgIpc) is 3.20. The summed E-state index contributed by atoms with van der Waals surface area (Å²) in [5.74, 6) is 0.410. The van der Waals surface area contributed by atoms with Gasteiger partial charge in [-0.1, -0.05) is 36.4 Å². The Kier molecular flexibility index (Phi) is 4.12. The first-order valence-electron chi connectivity index (χ1n) is 6.65. The minimum absolute atomic E-state index is 0.0973. The summed E-state index contributed by atoms with van der Waals surface area (Å²) in [7, 11) is 0. The average molecular weight is 298 g/mol. The van der Waals surface area contributed by atoms with Crippen LogP contribution in [0, 0.1) is 0 Å². The molecule has 0 aliphatic heterocycles. The van der Waals surface area contributed by atoms with Crippen LogP contribution in [0.15, 0.2) is 58.5 Å². The van der Waals surface area contributed by atoms with E-state index in [0.29, 0.717) is 12.3 Å². The van der Waals surface area contributed by atoms with Gasteiger partial charge in [0.15, 0.2) is 5.76 Å². The van der Waals surface area contributed by atoms with Crippen molar-refractivity contribution in [2.75, 3.05) is 6.54 Å². The van der Waals surface area contributed by atoms with Gasteiger partial charge in [-0.25, -0.2) is 4.98 Å². The summed E-state index contributed by atoms with van der Waals surface area (Å²) >= 11 is 1.68. The van der Waals surface area contributed by atoms with E-state index in [1.54, 1.807) is 17.5 Å². The zero-order valence-corrected chi connectivity index (χ0v) is 12.1. The van der Waals surface area contributed by atoms with Gasteiger partial charge in [0, 0.05) is 17.0 Å². The van der Waals surface area contributed by atoms with E-state index in [-0.39, 0.29) is 11.8 Å². The molecular weight excluding hydrogens is 284 g/mol. The molecule has 0 saturated heterocycles. The molecule has 21 heavy (non-hydrogen) atoms. The normalized spacial score (nSPS) is 10.5. The van der Waals surface area contributed by atoms with Crippen molar-refractivity contribution in [3.63, 3.8) is 0 Å². The number of benzene rings is 1. The monoisotopic (exact) mass is 298 g/mol. The van der Waals surface area contributed by atoms with Crippen LogP contribution in [0.25, 0.3) is 11.3 Å². The molecule has 1 N–H and O–H groups in total. The van der Waals surface area contributed by atoms with Crippen molar-refractivity contribution in [3.8, 4) is 11.3 Å². The predicted octanol–water partition coefficient (Wildman–Crippen LogP) is 3.38. The van der Waals surface area contributed by atoms with Crippen molar-refractivity contribution in [2.24, 2.45) is 0 Å². The van der Waals surface area contributed by atoms with Gasteiger partial charge in [0.1, 0.15) is 0 Å². The van der Waals surface area contributed by atoms with E-state index >= 15 is 0 Å². The van der Waals surface area contributed by atoms with E-state index in [1.165, 1.54) is 4.88 Å². The molecule has 0 radical (unpaired) electrons. The lowest BCUT2D eigenvalue weighted by Crippen LogP contribution is -2.25. The second kappa shape index (κ2) is 6.37. The summed E-state index contributed by atoms with van der Waals surface area (Å²) in [6.45, 7) is 0.572. The Labute approximate surface area is 126 Å². The number of rotatable bonds is 5. The van der Waals surface area contributed by atoms with Gasteiger partial charge in [-0.05, 0) is 17.9 Å². The van der Waals surface area contributed by atoms with Gasteiger partial charge in [-0.2, -0.15) is 0 Å². The predicted molar refractivity (Wildman–Crippen MR) is 82.3 cm³/mol. The smallest absolute Gasteiger partial charge is 0.307 e. The highest BCUT2D eigenvalue weighted by atomic mass is 32.1. The fourth-order valence-corrected chi connectivity index (χ4v) is 2.65. The molecule has 0 spiro atoms. The van der Waals surface area contributed by atoms with E-state index in [0.717, 1.165) is 12.0 Å². The Hall–Kier alpha value is -2.40. The Morgan fingerprint density at radius 1 is 1.19 bits per heavy atom. The molecule has 0 fully saturated rings. The molecule has 106 valence electrons. The first-order valence-corrected chi connectivity index (χ1v) is 7.53. The van der Waals surface area contributed by atoms with Crippen LogP contribution in [-0.2, 0) is 6.42 Å². The second-order valence-corrected chi connectivity index (χ2v) is 5.51.